The van der Waals surface area contributed by atoms with Crippen LogP contribution in [0.3, 0.4) is 0 Å². The number of hydrogen-bond donors (Lipinski definition) is 1. The van der Waals surface area contributed by atoms with Crippen LogP contribution in [0.4, 0.5) is 18.9 Å². The van der Waals surface area contributed by atoms with Gasteiger partial charge in [-0.3, -0.25) is 14.3 Å². The van der Waals surface area contributed by atoms with E-state index >= 15 is 0 Å². The zero-order valence-corrected chi connectivity index (χ0v) is 24.7. The van der Waals surface area contributed by atoms with Crippen LogP contribution in [-0.4, -0.2) is 61.2 Å². The summed E-state index contributed by atoms with van der Waals surface area (Å²) in [6.07, 6.45) is -3.18. The molecule has 1 unspecified atom stereocenters. The second kappa shape index (κ2) is 11.5. The third-order valence-corrected chi connectivity index (χ3v) is 8.82. The Morgan fingerprint density at radius 3 is 2.50 bits per heavy atom. The molecular weight excluding hydrogens is 539 g/mol. The van der Waals surface area contributed by atoms with Crippen molar-refractivity contribution in [1.29, 1.82) is 0 Å². The number of likely N-dealkylation sites (tertiary alicyclic amines) is 1. The minimum Gasteiger partial charge on any atom is -0.305 e. The molecule has 0 bridgehead atoms. The Balaban J connectivity index is 1.65. The second-order valence-corrected chi connectivity index (χ2v) is 13.0. The quantitative estimate of drug-likeness (QED) is 0.361. The van der Waals surface area contributed by atoms with Crippen molar-refractivity contribution in [1.82, 2.24) is 19.6 Å². The van der Waals surface area contributed by atoms with E-state index in [-0.39, 0.29) is 11.5 Å². The predicted octanol–water partition coefficient (Wildman–Crippen LogP) is 5.55. The van der Waals surface area contributed by atoms with Crippen LogP contribution >= 0.6 is 0 Å². The minimum atomic E-state index is -4.75. The smallest absolute Gasteiger partial charge is 0.305 e. The Morgan fingerprint density at radius 2 is 1.88 bits per heavy atom. The standard InChI is InChI=1S/C29H38F3N5O2S/c1-19(2)14-27-28(20(3)36(6)33-27)34-40(38,39)24-10-11-25(26(16-24)29(30,31)32)22-9-7-8-21(15-22)17-37-13-12-23(18-37)35(4)5/h7-11,15-16,19,23,34H,12-14,17-18H2,1-6H3. The Morgan fingerprint density at radius 1 is 1.15 bits per heavy atom. The normalized spacial score (nSPS) is 16.8. The van der Waals surface area contributed by atoms with Gasteiger partial charge in [-0.25, -0.2) is 8.42 Å². The van der Waals surface area contributed by atoms with Gasteiger partial charge in [-0.2, -0.15) is 18.3 Å². The maximum atomic E-state index is 14.3. The highest BCUT2D eigenvalue weighted by Crippen LogP contribution is 2.39. The van der Waals surface area contributed by atoms with Crippen LogP contribution in [0, 0.1) is 12.8 Å². The highest BCUT2D eigenvalue weighted by Gasteiger charge is 2.35. The molecule has 218 valence electrons. The summed E-state index contributed by atoms with van der Waals surface area (Å²) in [5.74, 6) is 0.212. The lowest BCUT2D eigenvalue weighted by molar-refractivity contribution is -0.137. The van der Waals surface area contributed by atoms with E-state index in [1.54, 1.807) is 36.9 Å². The summed E-state index contributed by atoms with van der Waals surface area (Å²) in [4.78, 5) is 4.03. The van der Waals surface area contributed by atoms with Gasteiger partial charge in [-0.1, -0.05) is 38.1 Å². The van der Waals surface area contributed by atoms with Crippen molar-refractivity contribution in [2.24, 2.45) is 13.0 Å². The van der Waals surface area contributed by atoms with E-state index in [0.717, 1.165) is 31.1 Å². The van der Waals surface area contributed by atoms with E-state index in [4.69, 9.17) is 0 Å². The van der Waals surface area contributed by atoms with Crippen molar-refractivity contribution in [2.75, 3.05) is 31.9 Å². The van der Waals surface area contributed by atoms with Crippen LogP contribution in [0.25, 0.3) is 11.1 Å². The molecule has 1 aliphatic heterocycles. The maximum Gasteiger partial charge on any atom is 0.417 e. The highest BCUT2D eigenvalue weighted by molar-refractivity contribution is 7.92. The molecule has 1 aromatic heterocycles. The van der Waals surface area contributed by atoms with Gasteiger partial charge in [-0.15, -0.1) is 0 Å². The number of rotatable bonds is 9. The fourth-order valence-electron chi connectivity index (χ4n) is 5.18. The first-order valence-corrected chi connectivity index (χ1v) is 14.9. The number of nitrogens with one attached hydrogen (secondary N) is 1. The molecule has 1 aliphatic rings. The number of alkyl halides is 3. The van der Waals surface area contributed by atoms with Crippen molar-refractivity contribution in [2.45, 2.75) is 57.3 Å². The molecular formula is C29H38F3N5O2S. The maximum absolute atomic E-state index is 14.3. The number of benzene rings is 2. The van der Waals surface area contributed by atoms with Gasteiger partial charge in [-0.05, 0) is 74.7 Å². The first kappa shape index (κ1) is 30.1. The number of sulfonamides is 1. The molecule has 4 rings (SSSR count). The van der Waals surface area contributed by atoms with Crippen molar-refractivity contribution in [3.63, 3.8) is 0 Å². The van der Waals surface area contributed by atoms with E-state index in [1.807, 2.05) is 19.9 Å². The van der Waals surface area contributed by atoms with Gasteiger partial charge in [0.15, 0.2) is 0 Å². The van der Waals surface area contributed by atoms with Gasteiger partial charge < -0.3 is 4.90 Å². The summed E-state index contributed by atoms with van der Waals surface area (Å²) >= 11 is 0. The second-order valence-electron chi connectivity index (χ2n) is 11.3. The fraction of sp³-hybridized carbons (Fsp3) is 0.483. The van der Waals surface area contributed by atoms with Gasteiger partial charge in [0.05, 0.1) is 27.5 Å². The van der Waals surface area contributed by atoms with Crippen LogP contribution in [0.5, 0.6) is 0 Å². The average molecular weight is 578 g/mol. The third kappa shape index (κ3) is 6.70. The number of anilines is 1. The first-order chi connectivity index (χ1) is 18.7. The molecule has 11 heteroatoms. The monoisotopic (exact) mass is 577 g/mol. The summed E-state index contributed by atoms with van der Waals surface area (Å²) in [5, 5.41) is 4.40. The average Bonchev–Trinajstić information content (AvgIpc) is 3.43. The molecule has 1 atom stereocenters. The van der Waals surface area contributed by atoms with Gasteiger partial charge in [0.25, 0.3) is 10.0 Å². The summed E-state index contributed by atoms with van der Waals surface area (Å²) in [6, 6.07) is 10.7. The molecule has 1 fully saturated rings. The van der Waals surface area contributed by atoms with Gasteiger partial charge in [0, 0.05) is 32.7 Å². The number of aromatic nitrogens is 2. The molecule has 0 spiro atoms. The van der Waals surface area contributed by atoms with Gasteiger partial charge >= 0.3 is 6.18 Å². The summed E-state index contributed by atoms with van der Waals surface area (Å²) in [5.41, 5.74) is 1.70. The van der Waals surface area contributed by atoms with E-state index in [1.165, 1.54) is 12.1 Å². The van der Waals surface area contributed by atoms with Crippen LogP contribution in [0.1, 0.15) is 42.8 Å². The molecule has 2 heterocycles. The molecule has 0 radical (unpaired) electrons. The minimum absolute atomic E-state index is 0.0565. The van der Waals surface area contributed by atoms with Crippen LogP contribution in [0.15, 0.2) is 47.4 Å². The van der Waals surface area contributed by atoms with Crippen LogP contribution in [-0.2, 0) is 36.2 Å². The van der Waals surface area contributed by atoms with Crippen LogP contribution in [0.2, 0.25) is 0 Å². The Kier molecular flexibility index (Phi) is 8.68. The zero-order valence-electron chi connectivity index (χ0n) is 23.9. The molecule has 0 saturated carbocycles. The van der Waals surface area contributed by atoms with Gasteiger partial charge in [0.2, 0.25) is 0 Å². The number of aryl methyl sites for hydroxylation is 1. The number of likely N-dealkylation sites (N-methyl/N-ethyl adjacent to an activating group) is 1. The highest BCUT2D eigenvalue weighted by atomic mass is 32.2. The van der Waals surface area contributed by atoms with E-state index in [2.05, 4.69) is 33.7 Å². The summed E-state index contributed by atoms with van der Waals surface area (Å²) < 4.78 is 73.7. The molecule has 0 aliphatic carbocycles. The molecule has 2 aromatic carbocycles. The number of nitrogens with zero attached hydrogens (tertiary/aromatic N) is 4. The van der Waals surface area contributed by atoms with Crippen molar-refractivity contribution < 1.29 is 21.6 Å². The molecule has 7 nitrogen and oxygen atoms in total. The zero-order chi connectivity index (χ0) is 29.4. The van der Waals surface area contributed by atoms with E-state index in [0.29, 0.717) is 41.6 Å². The van der Waals surface area contributed by atoms with E-state index < -0.39 is 26.7 Å². The lowest BCUT2D eigenvalue weighted by Crippen LogP contribution is -2.31. The van der Waals surface area contributed by atoms with E-state index in [9.17, 15) is 21.6 Å². The molecule has 1 saturated heterocycles. The fourth-order valence-corrected chi connectivity index (χ4v) is 6.35. The molecule has 1 N–H and O–H groups in total. The number of halogens is 3. The van der Waals surface area contributed by atoms with Gasteiger partial charge in [0.1, 0.15) is 0 Å². The summed E-state index contributed by atoms with van der Waals surface area (Å²) in [6.45, 7) is 8.15. The number of hydrogen-bond acceptors (Lipinski definition) is 5. The molecule has 3 aromatic rings. The molecule has 40 heavy (non-hydrogen) atoms. The Bertz CT molecular complexity index is 1460. The van der Waals surface area contributed by atoms with Crippen LogP contribution < -0.4 is 4.72 Å². The van der Waals surface area contributed by atoms with Crippen molar-refractivity contribution in [3.8, 4) is 11.1 Å². The lowest BCUT2D eigenvalue weighted by Gasteiger charge is -2.21. The Labute approximate surface area is 235 Å². The largest absolute Gasteiger partial charge is 0.417 e. The third-order valence-electron chi connectivity index (χ3n) is 7.47. The SMILES string of the molecule is Cc1c(NS(=O)(=O)c2ccc(-c3cccc(CN4CCC(N(C)C)C4)c3)c(C(F)(F)F)c2)c(CC(C)C)nn1C. The topological polar surface area (TPSA) is 70.5 Å². The summed E-state index contributed by atoms with van der Waals surface area (Å²) in [7, 11) is 1.49. The molecule has 0 amide bonds. The lowest BCUT2D eigenvalue weighted by atomic mass is 9.97. The van der Waals surface area contributed by atoms with Crippen molar-refractivity contribution in [3.05, 3.63) is 65.0 Å². The Hall–Kier alpha value is -2.89. The first-order valence-electron chi connectivity index (χ1n) is 13.4. The van der Waals surface area contributed by atoms with Crippen molar-refractivity contribution >= 4 is 15.7 Å². The predicted molar refractivity (Wildman–Crippen MR) is 152 cm³/mol.